The Morgan fingerprint density at radius 3 is 2.47 bits per heavy atom. The number of ether oxygens (including phenoxy) is 1. The van der Waals surface area contributed by atoms with Gasteiger partial charge in [-0.1, -0.05) is 25.3 Å². The molecule has 190 valence electrons. The molecule has 0 aliphatic heterocycles. The number of nitrogens with zero attached hydrogens (tertiary/aromatic N) is 2. The fourth-order valence-electron chi connectivity index (χ4n) is 4.34. The van der Waals surface area contributed by atoms with Gasteiger partial charge in [0.2, 0.25) is 5.91 Å². The van der Waals surface area contributed by atoms with Gasteiger partial charge in [0.05, 0.1) is 12.3 Å². The standard InChI is InChI=1S/C25H29N5O4S2/c1-2-34-17-12-10-16(11-13-17)30(25(33)22-19(26)20(23(27)31)29-36-22)21(18-9-6-14-35-18)24(32)28-15-7-4-3-5-8-15/h6,9-15,21H,2-5,7-8,26H2,1H3,(H2,27,31)(H,28,32)/t21-/m1/s1. The summed E-state index contributed by atoms with van der Waals surface area (Å²) in [7, 11) is 0. The second-order valence-corrected chi connectivity index (χ2v) is 10.3. The summed E-state index contributed by atoms with van der Waals surface area (Å²) in [6.07, 6.45) is 5.09. The van der Waals surface area contributed by atoms with Crippen molar-refractivity contribution >= 4 is 52.0 Å². The second-order valence-electron chi connectivity index (χ2n) is 8.50. The molecule has 0 unspecified atom stereocenters. The van der Waals surface area contributed by atoms with Gasteiger partial charge < -0.3 is 21.5 Å². The first-order valence-corrected chi connectivity index (χ1v) is 13.5. The Balaban J connectivity index is 1.78. The number of nitrogen functional groups attached to an aromatic ring is 1. The minimum absolute atomic E-state index is 0.0460. The van der Waals surface area contributed by atoms with Crippen molar-refractivity contribution in [3.8, 4) is 5.75 Å². The van der Waals surface area contributed by atoms with Crippen LogP contribution < -0.4 is 26.4 Å². The first kappa shape index (κ1) is 25.6. The first-order valence-electron chi connectivity index (χ1n) is 11.9. The Hall–Kier alpha value is -3.44. The zero-order chi connectivity index (χ0) is 25.7. The molecule has 3 aromatic rings. The second kappa shape index (κ2) is 11.5. The molecule has 2 aromatic heterocycles. The van der Waals surface area contributed by atoms with Crippen molar-refractivity contribution in [3.63, 3.8) is 0 Å². The molecule has 0 radical (unpaired) electrons. The van der Waals surface area contributed by atoms with Crippen LogP contribution in [0, 0.1) is 0 Å². The van der Waals surface area contributed by atoms with Crippen LogP contribution in [-0.2, 0) is 4.79 Å². The predicted molar refractivity (Wildman–Crippen MR) is 142 cm³/mol. The molecule has 2 heterocycles. The van der Waals surface area contributed by atoms with Crippen LogP contribution in [0.15, 0.2) is 41.8 Å². The van der Waals surface area contributed by atoms with Crippen molar-refractivity contribution in [1.29, 1.82) is 0 Å². The molecular weight excluding hydrogens is 498 g/mol. The third-order valence-electron chi connectivity index (χ3n) is 6.07. The molecule has 1 aliphatic rings. The summed E-state index contributed by atoms with van der Waals surface area (Å²) in [5.74, 6) is -0.995. The Kier molecular flexibility index (Phi) is 8.21. The number of carbonyl (C=O) groups is 3. The highest BCUT2D eigenvalue weighted by Crippen LogP contribution is 2.35. The topological polar surface area (TPSA) is 141 Å². The van der Waals surface area contributed by atoms with Crippen LogP contribution in [0.1, 0.15) is 70.1 Å². The van der Waals surface area contributed by atoms with E-state index >= 15 is 0 Å². The van der Waals surface area contributed by atoms with Crippen molar-refractivity contribution in [2.75, 3.05) is 17.2 Å². The van der Waals surface area contributed by atoms with Crippen LogP contribution in [0.25, 0.3) is 0 Å². The average Bonchev–Trinajstić information content (AvgIpc) is 3.53. The summed E-state index contributed by atoms with van der Waals surface area (Å²) in [6.45, 7) is 2.38. The number of primary amides is 1. The van der Waals surface area contributed by atoms with Gasteiger partial charge in [-0.3, -0.25) is 19.3 Å². The van der Waals surface area contributed by atoms with E-state index in [1.165, 1.54) is 16.2 Å². The Morgan fingerprint density at radius 2 is 1.89 bits per heavy atom. The molecule has 36 heavy (non-hydrogen) atoms. The van der Waals surface area contributed by atoms with E-state index in [4.69, 9.17) is 16.2 Å². The van der Waals surface area contributed by atoms with Crippen molar-refractivity contribution in [2.24, 2.45) is 5.73 Å². The van der Waals surface area contributed by atoms with Gasteiger partial charge in [0, 0.05) is 16.6 Å². The van der Waals surface area contributed by atoms with E-state index in [9.17, 15) is 14.4 Å². The molecule has 3 amide bonds. The van der Waals surface area contributed by atoms with Crippen LogP contribution in [-0.4, -0.2) is 34.7 Å². The van der Waals surface area contributed by atoms with Crippen LogP contribution in [0.4, 0.5) is 11.4 Å². The van der Waals surface area contributed by atoms with Crippen LogP contribution in [0.3, 0.4) is 0 Å². The number of thiophene rings is 1. The van der Waals surface area contributed by atoms with Crippen molar-refractivity contribution < 1.29 is 19.1 Å². The van der Waals surface area contributed by atoms with Gasteiger partial charge in [0.15, 0.2) is 11.7 Å². The molecule has 1 aromatic carbocycles. The fraction of sp³-hybridized carbons (Fsp3) is 0.360. The molecule has 5 N–H and O–H groups in total. The number of nitrogens with two attached hydrogens (primary N) is 2. The molecule has 1 aliphatic carbocycles. The highest BCUT2D eigenvalue weighted by molar-refractivity contribution is 7.10. The zero-order valence-corrected chi connectivity index (χ0v) is 21.6. The third-order valence-corrected chi connectivity index (χ3v) is 7.85. The lowest BCUT2D eigenvalue weighted by atomic mass is 9.95. The molecular formula is C25H29N5O4S2. The molecule has 4 rings (SSSR count). The lowest BCUT2D eigenvalue weighted by Gasteiger charge is -2.32. The number of benzene rings is 1. The molecule has 1 saturated carbocycles. The summed E-state index contributed by atoms with van der Waals surface area (Å²) in [5, 5.41) is 5.03. The number of aromatic nitrogens is 1. The number of hydrogen-bond acceptors (Lipinski definition) is 8. The smallest absolute Gasteiger partial charge is 0.273 e. The number of anilines is 2. The van der Waals surface area contributed by atoms with E-state index in [1.807, 2.05) is 24.4 Å². The van der Waals surface area contributed by atoms with Crippen LogP contribution in [0.2, 0.25) is 0 Å². The van der Waals surface area contributed by atoms with Gasteiger partial charge in [0.25, 0.3) is 11.8 Å². The van der Waals surface area contributed by atoms with E-state index in [-0.39, 0.29) is 28.2 Å². The molecule has 1 atom stereocenters. The lowest BCUT2D eigenvalue weighted by molar-refractivity contribution is -0.123. The largest absolute Gasteiger partial charge is 0.494 e. The Labute approximate surface area is 217 Å². The highest BCUT2D eigenvalue weighted by Gasteiger charge is 2.37. The zero-order valence-electron chi connectivity index (χ0n) is 19.9. The molecule has 0 bridgehead atoms. The van der Waals surface area contributed by atoms with Gasteiger partial charge in [-0.15, -0.1) is 11.3 Å². The van der Waals surface area contributed by atoms with E-state index < -0.39 is 17.9 Å². The number of hydrogen-bond donors (Lipinski definition) is 3. The van der Waals surface area contributed by atoms with E-state index in [1.54, 1.807) is 24.3 Å². The van der Waals surface area contributed by atoms with Gasteiger partial charge >= 0.3 is 0 Å². The average molecular weight is 528 g/mol. The SMILES string of the molecule is CCOc1ccc(N(C(=O)c2snc(C(N)=O)c2N)[C@@H](C(=O)NC2CCCCC2)c2cccs2)cc1. The lowest BCUT2D eigenvalue weighted by Crippen LogP contribution is -2.47. The summed E-state index contributed by atoms with van der Waals surface area (Å²) in [4.78, 5) is 41.7. The Bertz CT molecular complexity index is 1200. The third kappa shape index (κ3) is 5.52. The minimum Gasteiger partial charge on any atom is -0.494 e. The van der Waals surface area contributed by atoms with Crippen LogP contribution >= 0.6 is 22.9 Å². The molecule has 1 fully saturated rings. The quantitative estimate of drug-likeness (QED) is 0.382. The van der Waals surface area contributed by atoms with E-state index in [2.05, 4.69) is 9.69 Å². The van der Waals surface area contributed by atoms with E-state index in [0.29, 0.717) is 22.9 Å². The maximum Gasteiger partial charge on any atom is 0.273 e. The summed E-state index contributed by atoms with van der Waals surface area (Å²) >= 11 is 2.17. The van der Waals surface area contributed by atoms with Gasteiger partial charge in [-0.2, -0.15) is 4.37 Å². The maximum atomic E-state index is 14.0. The number of nitrogens with one attached hydrogen (secondary N) is 1. The molecule has 9 nitrogen and oxygen atoms in total. The Morgan fingerprint density at radius 1 is 1.17 bits per heavy atom. The fourth-order valence-corrected chi connectivity index (χ4v) is 5.89. The van der Waals surface area contributed by atoms with Crippen molar-refractivity contribution in [3.05, 3.63) is 57.2 Å². The summed E-state index contributed by atoms with van der Waals surface area (Å²) in [5.41, 5.74) is 11.7. The number of rotatable bonds is 9. The first-order chi connectivity index (χ1) is 17.4. The minimum atomic E-state index is -0.948. The summed E-state index contributed by atoms with van der Waals surface area (Å²) < 4.78 is 9.54. The van der Waals surface area contributed by atoms with Gasteiger partial charge in [-0.25, -0.2) is 0 Å². The predicted octanol–water partition coefficient (Wildman–Crippen LogP) is 4.12. The normalized spacial score (nSPS) is 14.7. The maximum absolute atomic E-state index is 14.0. The number of carbonyl (C=O) groups excluding carboxylic acids is 3. The molecule has 11 heteroatoms. The van der Waals surface area contributed by atoms with Gasteiger partial charge in [-0.05, 0) is 67.0 Å². The monoisotopic (exact) mass is 527 g/mol. The summed E-state index contributed by atoms with van der Waals surface area (Å²) in [6, 6.07) is 9.72. The van der Waals surface area contributed by atoms with Crippen LogP contribution in [0.5, 0.6) is 5.75 Å². The van der Waals surface area contributed by atoms with Crippen molar-refractivity contribution in [1.82, 2.24) is 9.69 Å². The molecule has 0 saturated heterocycles. The molecule has 0 spiro atoms. The van der Waals surface area contributed by atoms with E-state index in [0.717, 1.165) is 43.6 Å². The van der Waals surface area contributed by atoms with Gasteiger partial charge in [0.1, 0.15) is 10.6 Å². The number of amides is 3. The highest BCUT2D eigenvalue weighted by atomic mass is 32.1. The van der Waals surface area contributed by atoms with Crippen molar-refractivity contribution in [2.45, 2.75) is 51.1 Å².